The van der Waals surface area contributed by atoms with E-state index in [4.69, 9.17) is 4.74 Å². The molecule has 0 spiro atoms. The van der Waals surface area contributed by atoms with E-state index in [9.17, 15) is 4.79 Å². The van der Waals surface area contributed by atoms with Crippen molar-refractivity contribution < 1.29 is 9.53 Å². The molecule has 0 unspecified atom stereocenters. The molecule has 0 rings (SSSR count). The van der Waals surface area contributed by atoms with Crippen molar-refractivity contribution in [1.82, 2.24) is 4.31 Å². The van der Waals surface area contributed by atoms with Crippen LogP contribution in [0.5, 0.6) is 0 Å². The van der Waals surface area contributed by atoms with Crippen molar-refractivity contribution in [2.75, 3.05) is 18.9 Å². The Labute approximate surface area is 103 Å². The van der Waals surface area contributed by atoms with Crippen LogP contribution >= 0.6 is 11.9 Å². The predicted molar refractivity (Wildman–Crippen MR) is 70.4 cm³/mol. The molecular formula is C12H21NO2S. The van der Waals surface area contributed by atoms with Crippen LogP contribution < -0.4 is 0 Å². The molecule has 0 radical (unpaired) electrons. The number of ether oxygens (including phenoxy) is 1. The summed E-state index contributed by atoms with van der Waals surface area (Å²) in [7, 11) is 0. The normalized spacial score (nSPS) is 9.56. The zero-order chi connectivity index (χ0) is 12.2. The van der Waals surface area contributed by atoms with Crippen molar-refractivity contribution >= 4 is 18.0 Å². The van der Waals surface area contributed by atoms with E-state index in [0.29, 0.717) is 18.9 Å². The van der Waals surface area contributed by atoms with Crippen LogP contribution in [0, 0.1) is 0 Å². The fraction of sp³-hybridized carbons (Fsp3) is 0.583. The fourth-order valence-corrected chi connectivity index (χ4v) is 1.68. The van der Waals surface area contributed by atoms with Gasteiger partial charge in [0, 0.05) is 5.75 Å². The molecule has 0 aromatic heterocycles. The van der Waals surface area contributed by atoms with Crippen molar-refractivity contribution in [3.8, 4) is 0 Å². The lowest BCUT2D eigenvalue weighted by Gasteiger charge is -2.18. The van der Waals surface area contributed by atoms with Gasteiger partial charge in [0.05, 0.1) is 13.2 Å². The molecule has 0 saturated carbocycles. The number of rotatable bonds is 9. The number of amides is 1. The summed E-state index contributed by atoms with van der Waals surface area (Å²) in [6.45, 7) is 10.3. The van der Waals surface area contributed by atoms with Crippen molar-refractivity contribution in [3.63, 3.8) is 0 Å². The number of unbranched alkanes of at least 4 members (excludes halogenated alkanes) is 2. The molecular weight excluding hydrogens is 222 g/mol. The molecule has 16 heavy (non-hydrogen) atoms. The maximum absolute atomic E-state index is 11.6. The maximum atomic E-state index is 11.6. The summed E-state index contributed by atoms with van der Waals surface area (Å²) >= 11 is 1.39. The van der Waals surface area contributed by atoms with Crippen LogP contribution in [0.25, 0.3) is 0 Å². The lowest BCUT2D eigenvalue weighted by Crippen LogP contribution is -2.26. The first-order chi connectivity index (χ1) is 7.76. The Bertz CT molecular complexity index is 219. The monoisotopic (exact) mass is 243 g/mol. The van der Waals surface area contributed by atoms with Crippen LogP contribution in [-0.2, 0) is 4.74 Å². The van der Waals surface area contributed by atoms with Gasteiger partial charge in [0.1, 0.15) is 0 Å². The van der Waals surface area contributed by atoms with Crippen LogP contribution in [0.15, 0.2) is 25.3 Å². The highest BCUT2D eigenvalue weighted by Crippen LogP contribution is 2.12. The Balaban J connectivity index is 3.85. The van der Waals surface area contributed by atoms with Crippen LogP contribution in [0.2, 0.25) is 0 Å². The molecule has 0 aliphatic heterocycles. The van der Waals surface area contributed by atoms with Gasteiger partial charge in [-0.3, -0.25) is 0 Å². The third kappa shape index (κ3) is 7.40. The van der Waals surface area contributed by atoms with Gasteiger partial charge in [-0.15, -0.1) is 13.2 Å². The van der Waals surface area contributed by atoms with E-state index in [1.165, 1.54) is 11.9 Å². The Morgan fingerprint density at radius 2 is 2.12 bits per heavy atom. The van der Waals surface area contributed by atoms with Gasteiger partial charge in [-0.25, -0.2) is 9.10 Å². The highest BCUT2D eigenvalue weighted by Gasteiger charge is 2.12. The SMILES string of the molecule is C=CCSN(CC=C)C(=O)OCCCCC. The molecule has 3 nitrogen and oxygen atoms in total. The van der Waals surface area contributed by atoms with Crippen molar-refractivity contribution in [2.24, 2.45) is 0 Å². The van der Waals surface area contributed by atoms with Gasteiger partial charge < -0.3 is 4.74 Å². The number of nitrogens with zero attached hydrogens (tertiary/aromatic N) is 1. The predicted octanol–water partition coefficient (Wildman–Crippen LogP) is 3.64. The van der Waals surface area contributed by atoms with Gasteiger partial charge in [0.25, 0.3) is 0 Å². The Kier molecular flexibility index (Phi) is 10.0. The van der Waals surface area contributed by atoms with Crippen molar-refractivity contribution in [2.45, 2.75) is 26.2 Å². The summed E-state index contributed by atoms with van der Waals surface area (Å²) in [6.07, 6.45) is 6.29. The molecule has 0 saturated heterocycles. The first-order valence-corrected chi connectivity index (χ1v) is 6.49. The van der Waals surface area contributed by atoms with Gasteiger partial charge in [-0.2, -0.15) is 0 Å². The van der Waals surface area contributed by atoms with Crippen molar-refractivity contribution in [1.29, 1.82) is 0 Å². The lowest BCUT2D eigenvalue weighted by atomic mass is 10.3. The largest absolute Gasteiger partial charge is 0.449 e. The molecule has 0 aliphatic carbocycles. The summed E-state index contributed by atoms with van der Waals surface area (Å²) in [5, 5.41) is 0. The molecule has 92 valence electrons. The molecule has 0 N–H and O–H groups in total. The molecule has 0 aliphatic rings. The van der Waals surface area contributed by atoms with Crippen molar-refractivity contribution in [3.05, 3.63) is 25.3 Å². The Morgan fingerprint density at radius 1 is 1.38 bits per heavy atom. The number of carbonyl (C=O) groups is 1. The molecule has 0 atom stereocenters. The van der Waals surface area contributed by atoms with E-state index in [0.717, 1.165) is 19.3 Å². The van der Waals surface area contributed by atoms with E-state index in [1.807, 2.05) is 0 Å². The summed E-state index contributed by atoms with van der Waals surface area (Å²) in [4.78, 5) is 11.6. The first-order valence-electron chi connectivity index (χ1n) is 5.55. The minimum atomic E-state index is -0.289. The fourth-order valence-electron chi connectivity index (χ4n) is 1.02. The number of hydrogen-bond donors (Lipinski definition) is 0. The van der Waals surface area contributed by atoms with Gasteiger partial charge in [0.2, 0.25) is 0 Å². The summed E-state index contributed by atoms with van der Waals surface area (Å²) < 4.78 is 6.70. The van der Waals surface area contributed by atoms with Gasteiger partial charge in [0.15, 0.2) is 0 Å². The average Bonchev–Trinajstić information content (AvgIpc) is 2.29. The Morgan fingerprint density at radius 3 is 2.69 bits per heavy atom. The van der Waals surface area contributed by atoms with Gasteiger partial charge >= 0.3 is 6.09 Å². The summed E-state index contributed by atoms with van der Waals surface area (Å²) in [5.74, 6) is 0.692. The molecule has 0 heterocycles. The molecule has 4 heteroatoms. The number of hydrogen-bond acceptors (Lipinski definition) is 3. The first kappa shape index (κ1) is 15.1. The molecule has 0 aromatic carbocycles. The standard InChI is InChI=1S/C12H21NO2S/c1-4-7-8-10-15-12(14)13(9-5-2)16-11-6-3/h5-6H,2-4,7-11H2,1H3. The van der Waals surface area contributed by atoms with E-state index >= 15 is 0 Å². The minimum absolute atomic E-state index is 0.289. The van der Waals surface area contributed by atoms with E-state index in [2.05, 4.69) is 20.1 Å². The minimum Gasteiger partial charge on any atom is -0.449 e. The smallest absolute Gasteiger partial charge is 0.420 e. The zero-order valence-electron chi connectivity index (χ0n) is 9.98. The second kappa shape index (κ2) is 10.6. The second-order valence-electron chi connectivity index (χ2n) is 3.26. The van der Waals surface area contributed by atoms with Crippen LogP contribution in [0.1, 0.15) is 26.2 Å². The quantitative estimate of drug-likeness (QED) is 0.352. The molecule has 0 bridgehead atoms. The average molecular weight is 243 g/mol. The van der Waals surface area contributed by atoms with Gasteiger partial charge in [-0.05, 0) is 18.4 Å². The van der Waals surface area contributed by atoms with Crippen LogP contribution in [0.3, 0.4) is 0 Å². The Hall–Kier alpha value is -0.900. The molecule has 1 amide bonds. The summed E-state index contributed by atoms with van der Waals surface area (Å²) in [5.41, 5.74) is 0. The van der Waals surface area contributed by atoms with Crippen LogP contribution in [0.4, 0.5) is 4.79 Å². The third-order valence-electron chi connectivity index (χ3n) is 1.82. The number of carbonyl (C=O) groups excluding carboxylic acids is 1. The lowest BCUT2D eigenvalue weighted by molar-refractivity contribution is 0.128. The summed E-state index contributed by atoms with van der Waals surface area (Å²) in [6, 6.07) is 0. The molecule has 0 aromatic rings. The van der Waals surface area contributed by atoms with E-state index in [1.54, 1.807) is 16.5 Å². The maximum Gasteiger partial charge on any atom is 0.420 e. The van der Waals surface area contributed by atoms with E-state index < -0.39 is 0 Å². The third-order valence-corrected chi connectivity index (χ3v) is 2.81. The molecule has 0 fully saturated rings. The zero-order valence-corrected chi connectivity index (χ0v) is 10.8. The second-order valence-corrected chi connectivity index (χ2v) is 4.29. The highest BCUT2D eigenvalue weighted by molar-refractivity contribution is 7.97. The highest BCUT2D eigenvalue weighted by atomic mass is 32.2. The van der Waals surface area contributed by atoms with Crippen LogP contribution in [-0.4, -0.2) is 29.3 Å². The van der Waals surface area contributed by atoms with E-state index in [-0.39, 0.29) is 6.09 Å². The van der Waals surface area contributed by atoms with Gasteiger partial charge in [-0.1, -0.05) is 31.9 Å². The topological polar surface area (TPSA) is 29.5 Å².